The Bertz CT molecular complexity index is 281. The standard InChI is InChI=1S/C11H18N2/c1-9-5-6-11(10(2)7-9)13(4)8-12-3/h5-7,12H,8H2,1-4H3. The van der Waals surface area contributed by atoms with E-state index < -0.39 is 0 Å². The van der Waals surface area contributed by atoms with Crippen molar-refractivity contribution in [3.63, 3.8) is 0 Å². The van der Waals surface area contributed by atoms with Gasteiger partial charge in [-0.1, -0.05) is 17.7 Å². The molecule has 0 bridgehead atoms. The maximum atomic E-state index is 3.13. The van der Waals surface area contributed by atoms with Crippen LogP contribution >= 0.6 is 0 Å². The van der Waals surface area contributed by atoms with Crippen molar-refractivity contribution < 1.29 is 0 Å². The van der Waals surface area contributed by atoms with E-state index in [9.17, 15) is 0 Å². The third-order valence-electron chi connectivity index (χ3n) is 2.16. The highest BCUT2D eigenvalue weighted by atomic mass is 15.2. The van der Waals surface area contributed by atoms with Gasteiger partial charge in [-0.15, -0.1) is 0 Å². The Morgan fingerprint density at radius 2 is 2.00 bits per heavy atom. The Morgan fingerprint density at radius 1 is 1.31 bits per heavy atom. The summed E-state index contributed by atoms with van der Waals surface area (Å²) in [4.78, 5) is 2.20. The Kier molecular flexibility index (Phi) is 3.32. The molecule has 72 valence electrons. The van der Waals surface area contributed by atoms with Gasteiger partial charge in [-0.05, 0) is 32.5 Å². The molecule has 13 heavy (non-hydrogen) atoms. The molecule has 0 aliphatic rings. The van der Waals surface area contributed by atoms with Gasteiger partial charge in [-0.2, -0.15) is 0 Å². The number of hydrogen-bond acceptors (Lipinski definition) is 2. The smallest absolute Gasteiger partial charge is 0.0676 e. The Hall–Kier alpha value is -1.02. The fourth-order valence-corrected chi connectivity index (χ4v) is 1.56. The average molecular weight is 178 g/mol. The molecule has 1 aromatic rings. The van der Waals surface area contributed by atoms with Crippen molar-refractivity contribution in [2.75, 3.05) is 25.7 Å². The number of benzene rings is 1. The van der Waals surface area contributed by atoms with Gasteiger partial charge in [0.1, 0.15) is 0 Å². The lowest BCUT2D eigenvalue weighted by Crippen LogP contribution is -2.28. The second-order valence-electron chi connectivity index (χ2n) is 3.50. The summed E-state index contributed by atoms with van der Waals surface area (Å²) in [7, 11) is 4.05. The summed E-state index contributed by atoms with van der Waals surface area (Å²) in [6, 6.07) is 6.53. The zero-order valence-corrected chi connectivity index (χ0v) is 8.89. The number of aryl methyl sites for hydroxylation is 2. The van der Waals surface area contributed by atoms with Crippen molar-refractivity contribution >= 4 is 5.69 Å². The van der Waals surface area contributed by atoms with Crippen molar-refractivity contribution in [1.29, 1.82) is 0 Å². The van der Waals surface area contributed by atoms with Gasteiger partial charge >= 0.3 is 0 Å². The number of hydrogen-bond donors (Lipinski definition) is 1. The van der Waals surface area contributed by atoms with Crippen LogP contribution in [0, 0.1) is 13.8 Å². The van der Waals surface area contributed by atoms with Crippen LogP contribution in [0.25, 0.3) is 0 Å². The molecule has 0 radical (unpaired) electrons. The SMILES string of the molecule is CNCN(C)c1ccc(C)cc1C. The highest BCUT2D eigenvalue weighted by Gasteiger charge is 2.02. The molecule has 0 heterocycles. The van der Waals surface area contributed by atoms with Crippen LogP contribution in [-0.4, -0.2) is 20.8 Å². The summed E-state index contributed by atoms with van der Waals surface area (Å²) < 4.78 is 0. The summed E-state index contributed by atoms with van der Waals surface area (Å²) in [6.07, 6.45) is 0. The first-order chi connectivity index (χ1) is 6.15. The van der Waals surface area contributed by atoms with Crippen LogP contribution in [0.5, 0.6) is 0 Å². The molecule has 1 aromatic carbocycles. The van der Waals surface area contributed by atoms with Crippen LogP contribution in [0.4, 0.5) is 5.69 Å². The summed E-state index contributed by atoms with van der Waals surface area (Å²) in [5.74, 6) is 0. The third kappa shape index (κ3) is 2.46. The fraction of sp³-hybridized carbons (Fsp3) is 0.455. The van der Waals surface area contributed by atoms with Gasteiger partial charge in [0.05, 0.1) is 6.67 Å². The van der Waals surface area contributed by atoms with Gasteiger partial charge in [0, 0.05) is 12.7 Å². The molecule has 0 aliphatic carbocycles. The highest BCUT2D eigenvalue weighted by molar-refractivity contribution is 5.53. The van der Waals surface area contributed by atoms with E-state index in [1.54, 1.807) is 0 Å². The van der Waals surface area contributed by atoms with Gasteiger partial charge < -0.3 is 10.2 Å². The minimum absolute atomic E-state index is 0.879. The van der Waals surface area contributed by atoms with Crippen LogP contribution in [0.2, 0.25) is 0 Å². The normalized spacial score (nSPS) is 10.2. The van der Waals surface area contributed by atoms with Crippen molar-refractivity contribution in [3.8, 4) is 0 Å². The largest absolute Gasteiger partial charge is 0.362 e. The maximum absolute atomic E-state index is 3.13. The molecular weight excluding hydrogens is 160 g/mol. The van der Waals surface area contributed by atoms with E-state index in [4.69, 9.17) is 0 Å². The van der Waals surface area contributed by atoms with Crippen molar-refractivity contribution in [2.24, 2.45) is 0 Å². The third-order valence-corrected chi connectivity index (χ3v) is 2.16. The van der Waals surface area contributed by atoms with Crippen LogP contribution in [0.1, 0.15) is 11.1 Å². The second kappa shape index (κ2) is 4.28. The average Bonchev–Trinajstić information content (AvgIpc) is 2.04. The molecule has 1 N–H and O–H groups in total. The molecule has 1 rings (SSSR count). The number of anilines is 1. The van der Waals surface area contributed by atoms with Crippen LogP contribution in [0.15, 0.2) is 18.2 Å². The van der Waals surface area contributed by atoms with Crippen LogP contribution in [0.3, 0.4) is 0 Å². The van der Waals surface area contributed by atoms with E-state index in [1.165, 1.54) is 16.8 Å². The first-order valence-electron chi connectivity index (χ1n) is 4.58. The minimum Gasteiger partial charge on any atom is -0.362 e. The van der Waals surface area contributed by atoms with Gasteiger partial charge in [0.15, 0.2) is 0 Å². The van der Waals surface area contributed by atoms with E-state index in [1.807, 2.05) is 7.05 Å². The summed E-state index contributed by atoms with van der Waals surface area (Å²) in [6.45, 7) is 5.15. The van der Waals surface area contributed by atoms with E-state index in [-0.39, 0.29) is 0 Å². The molecular formula is C11H18N2. The molecule has 0 aliphatic heterocycles. The lowest BCUT2D eigenvalue weighted by molar-refractivity contribution is 0.774. The number of rotatable bonds is 3. The maximum Gasteiger partial charge on any atom is 0.0676 e. The molecule has 0 aromatic heterocycles. The molecule has 0 spiro atoms. The van der Waals surface area contributed by atoms with Gasteiger partial charge in [0.2, 0.25) is 0 Å². The molecule has 0 unspecified atom stereocenters. The highest BCUT2D eigenvalue weighted by Crippen LogP contribution is 2.18. The molecule has 0 saturated heterocycles. The van der Waals surface area contributed by atoms with E-state index >= 15 is 0 Å². The topological polar surface area (TPSA) is 15.3 Å². The molecule has 0 saturated carbocycles. The van der Waals surface area contributed by atoms with Crippen LogP contribution < -0.4 is 10.2 Å². The first kappa shape index (κ1) is 10.1. The first-order valence-corrected chi connectivity index (χ1v) is 4.58. The van der Waals surface area contributed by atoms with Crippen molar-refractivity contribution in [2.45, 2.75) is 13.8 Å². The lowest BCUT2D eigenvalue weighted by Gasteiger charge is -2.21. The number of nitrogens with one attached hydrogen (secondary N) is 1. The second-order valence-corrected chi connectivity index (χ2v) is 3.50. The molecule has 2 nitrogen and oxygen atoms in total. The Morgan fingerprint density at radius 3 is 2.54 bits per heavy atom. The quantitative estimate of drug-likeness (QED) is 0.711. The van der Waals surface area contributed by atoms with Gasteiger partial charge in [0.25, 0.3) is 0 Å². The molecule has 2 heteroatoms. The van der Waals surface area contributed by atoms with E-state index in [2.05, 4.69) is 49.3 Å². The monoisotopic (exact) mass is 178 g/mol. The summed E-state index contributed by atoms with van der Waals surface area (Å²) in [5.41, 5.74) is 3.94. The fourth-order valence-electron chi connectivity index (χ4n) is 1.56. The van der Waals surface area contributed by atoms with Crippen molar-refractivity contribution in [3.05, 3.63) is 29.3 Å². The van der Waals surface area contributed by atoms with Gasteiger partial charge in [-0.25, -0.2) is 0 Å². The molecule has 0 fully saturated rings. The van der Waals surface area contributed by atoms with Gasteiger partial charge in [-0.3, -0.25) is 0 Å². The molecule has 0 atom stereocenters. The Labute approximate surface area is 80.6 Å². The zero-order valence-electron chi connectivity index (χ0n) is 8.89. The zero-order chi connectivity index (χ0) is 9.84. The van der Waals surface area contributed by atoms with Crippen LogP contribution in [-0.2, 0) is 0 Å². The Balaban J connectivity index is 2.88. The summed E-state index contributed by atoms with van der Waals surface area (Å²) >= 11 is 0. The number of nitrogens with zero attached hydrogens (tertiary/aromatic N) is 1. The summed E-state index contributed by atoms with van der Waals surface area (Å²) in [5, 5.41) is 3.13. The predicted octanol–water partition coefficient (Wildman–Crippen LogP) is 1.92. The van der Waals surface area contributed by atoms with Crippen molar-refractivity contribution in [1.82, 2.24) is 5.32 Å². The van der Waals surface area contributed by atoms with E-state index in [0.717, 1.165) is 6.67 Å². The molecule has 0 amide bonds. The predicted molar refractivity (Wildman–Crippen MR) is 58.2 cm³/mol. The lowest BCUT2D eigenvalue weighted by atomic mass is 10.1. The van der Waals surface area contributed by atoms with E-state index in [0.29, 0.717) is 0 Å². The minimum atomic E-state index is 0.879.